The lowest BCUT2D eigenvalue weighted by Gasteiger charge is -2.25. The molecule has 1 aliphatic rings. The number of rotatable bonds is 6. The van der Waals surface area contributed by atoms with Crippen LogP contribution in [0.15, 0.2) is 18.2 Å². The average molecular weight is 300 g/mol. The molecule has 20 heavy (non-hydrogen) atoms. The van der Waals surface area contributed by atoms with Crippen LogP contribution in [0.25, 0.3) is 0 Å². The van der Waals surface area contributed by atoms with Gasteiger partial charge in [-0.25, -0.2) is 4.39 Å². The van der Waals surface area contributed by atoms with E-state index >= 15 is 0 Å². The van der Waals surface area contributed by atoms with Crippen molar-refractivity contribution >= 4 is 11.6 Å². The van der Waals surface area contributed by atoms with Gasteiger partial charge in [-0.1, -0.05) is 17.7 Å². The van der Waals surface area contributed by atoms with E-state index < -0.39 is 0 Å². The summed E-state index contributed by atoms with van der Waals surface area (Å²) < 4.78 is 18.8. The maximum Gasteiger partial charge on any atom is 0.124 e. The number of ether oxygens (including phenoxy) is 1. The highest BCUT2D eigenvalue weighted by Crippen LogP contribution is 2.22. The summed E-state index contributed by atoms with van der Waals surface area (Å²) in [4.78, 5) is 0. The molecule has 0 amide bonds. The monoisotopic (exact) mass is 299 g/mol. The van der Waals surface area contributed by atoms with Crippen LogP contribution in [0.3, 0.4) is 0 Å². The molecule has 1 aliphatic heterocycles. The van der Waals surface area contributed by atoms with E-state index in [1.54, 1.807) is 6.07 Å². The lowest BCUT2D eigenvalue weighted by atomic mass is 9.97. The largest absolute Gasteiger partial charge is 0.378 e. The first-order valence-corrected chi connectivity index (χ1v) is 7.79. The van der Waals surface area contributed by atoms with Gasteiger partial charge in [0.05, 0.1) is 6.10 Å². The third kappa shape index (κ3) is 4.72. The van der Waals surface area contributed by atoms with Gasteiger partial charge in [0.1, 0.15) is 5.82 Å². The molecule has 112 valence electrons. The number of halogens is 2. The number of hydrogen-bond donors (Lipinski definition) is 1. The van der Waals surface area contributed by atoms with Crippen molar-refractivity contribution in [1.82, 2.24) is 5.32 Å². The molecule has 0 aliphatic carbocycles. The van der Waals surface area contributed by atoms with Gasteiger partial charge in [0.15, 0.2) is 0 Å². The minimum atomic E-state index is -0.282. The Kier molecular flexibility index (Phi) is 6.27. The molecule has 1 fully saturated rings. The van der Waals surface area contributed by atoms with Gasteiger partial charge in [0.2, 0.25) is 0 Å². The van der Waals surface area contributed by atoms with E-state index in [1.165, 1.54) is 31.4 Å². The smallest absolute Gasteiger partial charge is 0.124 e. The first-order valence-electron chi connectivity index (χ1n) is 7.42. The molecular formula is C16H23ClFNO. The fourth-order valence-corrected chi connectivity index (χ4v) is 2.97. The first kappa shape index (κ1) is 15.7. The zero-order valence-corrected chi connectivity index (χ0v) is 12.8. The standard InChI is InChI=1S/C16H23ClFNO/c1-19-14(7-8-15-4-2-3-9-20-15)10-12-5-6-13(18)11-16(12)17/h5-6,11,14-15,19H,2-4,7-10H2,1H3. The summed E-state index contributed by atoms with van der Waals surface area (Å²) in [5, 5.41) is 3.84. The molecule has 2 unspecified atom stereocenters. The van der Waals surface area contributed by atoms with E-state index in [9.17, 15) is 4.39 Å². The molecule has 0 aromatic heterocycles. The minimum absolute atomic E-state index is 0.282. The van der Waals surface area contributed by atoms with Crippen LogP contribution in [0.2, 0.25) is 5.02 Å². The Morgan fingerprint density at radius 2 is 2.30 bits per heavy atom. The fraction of sp³-hybridized carbons (Fsp3) is 0.625. The molecule has 0 saturated carbocycles. The highest BCUT2D eigenvalue weighted by molar-refractivity contribution is 6.31. The molecular weight excluding hydrogens is 277 g/mol. The lowest BCUT2D eigenvalue weighted by Crippen LogP contribution is -2.30. The number of likely N-dealkylation sites (N-methyl/N-ethyl adjacent to an activating group) is 1. The predicted octanol–water partition coefficient (Wildman–Crippen LogP) is 3.96. The van der Waals surface area contributed by atoms with Crippen LogP contribution in [0.4, 0.5) is 4.39 Å². The molecule has 2 atom stereocenters. The Balaban J connectivity index is 1.84. The summed E-state index contributed by atoms with van der Waals surface area (Å²) in [6.07, 6.45) is 6.99. The Hall–Kier alpha value is -0.640. The highest BCUT2D eigenvalue weighted by Gasteiger charge is 2.17. The van der Waals surface area contributed by atoms with E-state index in [4.69, 9.17) is 16.3 Å². The zero-order chi connectivity index (χ0) is 14.4. The molecule has 1 aromatic rings. The van der Waals surface area contributed by atoms with Crippen molar-refractivity contribution in [2.75, 3.05) is 13.7 Å². The fourth-order valence-electron chi connectivity index (χ4n) is 2.72. The number of hydrogen-bond acceptors (Lipinski definition) is 2. The molecule has 0 radical (unpaired) electrons. The molecule has 2 nitrogen and oxygen atoms in total. The second kappa shape index (κ2) is 7.96. The van der Waals surface area contributed by atoms with Crippen LogP contribution in [-0.4, -0.2) is 25.8 Å². The molecule has 1 N–H and O–H groups in total. The van der Waals surface area contributed by atoms with Crippen LogP contribution < -0.4 is 5.32 Å². The van der Waals surface area contributed by atoms with Gasteiger partial charge < -0.3 is 10.1 Å². The molecule has 1 saturated heterocycles. The van der Waals surface area contributed by atoms with Crippen molar-refractivity contribution in [1.29, 1.82) is 0 Å². The summed E-state index contributed by atoms with van der Waals surface area (Å²) >= 11 is 6.09. The van der Waals surface area contributed by atoms with E-state index in [0.717, 1.165) is 31.4 Å². The van der Waals surface area contributed by atoms with Gasteiger partial charge in [0.25, 0.3) is 0 Å². The average Bonchev–Trinajstić information content (AvgIpc) is 2.46. The summed E-state index contributed by atoms with van der Waals surface area (Å²) in [6.45, 7) is 0.901. The van der Waals surface area contributed by atoms with E-state index in [-0.39, 0.29) is 5.82 Å². The van der Waals surface area contributed by atoms with E-state index in [0.29, 0.717) is 17.2 Å². The van der Waals surface area contributed by atoms with Crippen LogP contribution in [0.5, 0.6) is 0 Å². The number of benzene rings is 1. The van der Waals surface area contributed by atoms with Crippen LogP contribution in [0.1, 0.15) is 37.7 Å². The maximum atomic E-state index is 13.0. The Bertz CT molecular complexity index is 421. The number of nitrogens with one attached hydrogen (secondary N) is 1. The topological polar surface area (TPSA) is 21.3 Å². The van der Waals surface area contributed by atoms with Crippen LogP contribution >= 0.6 is 11.6 Å². The van der Waals surface area contributed by atoms with Crippen molar-refractivity contribution in [2.24, 2.45) is 0 Å². The van der Waals surface area contributed by atoms with Crippen molar-refractivity contribution < 1.29 is 9.13 Å². The van der Waals surface area contributed by atoms with Gasteiger partial charge in [-0.05, 0) is 63.3 Å². The zero-order valence-electron chi connectivity index (χ0n) is 12.0. The first-order chi connectivity index (χ1) is 9.69. The third-order valence-corrected chi connectivity index (χ3v) is 4.35. The van der Waals surface area contributed by atoms with Gasteiger partial charge in [-0.2, -0.15) is 0 Å². The maximum absolute atomic E-state index is 13.0. The molecule has 4 heteroatoms. The van der Waals surface area contributed by atoms with Crippen LogP contribution in [-0.2, 0) is 11.2 Å². The SMILES string of the molecule is CNC(CCC1CCCCO1)Cc1ccc(F)cc1Cl. The van der Waals surface area contributed by atoms with Crippen LogP contribution in [0, 0.1) is 5.82 Å². The molecule has 1 aromatic carbocycles. The van der Waals surface area contributed by atoms with Gasteiger partial charge in [0, 0.05) is 17.7 Å². The Labute approximate surface area is 125 Å². The normalized spacial score (nSPS) is 20.9. The van der Waals surface area contributed by atoms with Crippen molar-refractivity contribution in [3.05, 3.63) is 34.6 Å². The lowest BCUT2D eigenvalue weighted by molar-refractivity contribution is 0.00870. The highest BCUT2D eigenvalue weighted by atomic mass is 35.5. The summed E-state index contributed by atoms with van der Waals surface area (Å²) in [5.74, 6) is -0.282. The summed E-state index contributed by atoms with van der Waals surface area (Å²) in [6, 6.07) is 4.98. The van der Waals surface area contributed by atoms with Gasteiger partial charge in [-0.3, -0.25) is 0 Å². The van der Waals surface area contributed by atoms with E-state index in [2.05, 4.69) is 5.32 Å². The van der Waals surface area contributed by atoms with Crippen molar-refractivity contribution in [2.45, 2.75) is 50.7 Å². The Morgan fingerprint density at radius 3 is 2.95 bits per heavy atom. The second-order valence-electron chi connectivity index (χ2n) is 5.49. The summed E-state index contributed by atoms with van der Waals surface area (Å²) in [7, 11) is 1.96. The quantitative estimate of drug-likeness (QED) is 0.858. The summed E-state index contributed by atoms with van der Waals surface area (Å²) in [5.41, 5.74) is 0.997. The van der Waals surface area contributed by atoms with Crippen molar-refractivity contribution in [3.63, 3.8) is 0 Å². The molecule has 2 rings (SSSR count). The van der Waals surface area contributed by atoms with Crippen molar-refractivity contribution in [3.8, 4) is 0 Å². The predicted molar refractivity (Wildman–Crippen MR) is 80.8 cm³/mol. The third-order valence-electron chi connectivity index (χ3n) is 4.00. The Morgan fingerprint density at radius 1 is 1.45 bits per heavy atom. The van der Waals surface area contributed by atoms with E-state index in [1.807, 2.05) is 7.05 Å². The van der Waals surface area contributed by atoms with Gasteiger partial charge >= 0.3 is 0 Å². The second-order valence-corrected chi connectivity index (χ2v) is 5.90. The molecule has 1 heterocycles. The minimum Gasteiger partial charge on any atom is -0.378 e. The molecule has 0 bridgehead atoms. The molecule has 0 spiro atoms. The van der Waals surface area contributed by atoms with Gasteiger partial charge in [-0.15, -0.1) is 0 Å².